The van der Waals surface area contributed by atoms with Crippen LogP contribution in [-0.2, 0) is 20.8 Å². The van der Waals surface area contributed by atoms with E-state index in [1.807, 2.05) is 0 Å². The number of carboxylic acid groups (broad SMARTS) is 1. The molecule has 1 heterocycles. The lowest BCUT2D eigenvalue weighted by molar-refractivity contribution is -0.136. The van der Waals surface area contributed by atoms with Crippen LogP contribution in [0.4, 0.5) is 5.69 Å². The van der Waals surface area contributed by atoms with E-state index >= 15 is 0 Å². The molecule has 2 amide bonds. The average molecular weight is 245 g/mol. The van der Waals surface area contributed by atoms with Crippen LogP contribution in [0, 0.1) is 0 Å². The maximum atomic E-state index is 11.8. The van der Waals surface area contributed by atoms with Gasteiger partial charge in [0.1, 0.15) is 0 Å². The van der Waals surface area contributed by atoms with Crippen molar-refractivity contribution in [3.63, 3.8) is 0 Å². The third kappa shape index (κ3) is 2.15. The summed E-state index contributed by atoms with van der Waals surface area (Å²) in [4.78, 5) is 35.1. The molecule has 0 saturated carbocycles. The van der Waals surface area contributed by atoms with Crippen molar-refractivity contribution in [2.45, 2.75) is 13.3 Å². The predicted molar refractivity (Wildman–Crippen MR) is 64.0 cm³/mol. The van der Waals surface area contributed by atoms with Crippen molar-refractivity contribution in [1.82, 2.24) is 0 Å². The van der Waals surface area contributed by atoms with Gasteiger partial charge in [-0.3, -0.25) is 14.4 Å². The number of carboxylic acids is 1. The molecule has 0 radical (unpaired) electrons. The third-order valence-corrected chi connectivity index (χ3v) is 2.62. The molecule has 0 unspecified atom stereocenters. The minimum absolute atomic E-state index is 0.142. The molecule has 1 aromatic rings. The summed E-state index contributed by atoms with van der Waals surface area (Å²) in [5, 5.41) is 8.71. The highest BCUT2D eigenvalue weighted by Crippen LogP contribution is 2.23. The highest BCUT2D eigenvalue weighted by Gasteiger charge is 2.29. The monoisotopic (exact) mass is 245 g/mol. The summed E-state index contributed by atoms with van der Waals surface area (Å²) >= 11 is 0. The highest BCUT2D eigenvalue weighted by atomic mass is 16.4. The van der Waals surface area contributed by atoms with E-state index in [4.69, 9.17) is 5.11 Å². The number of benzene rings is 1. The number of anilines is 1. The van der Waals surface area contributed by atoms with Crippen LogP contribution in [0.2, 0.25) is 0 Å². The minimum Gasteiger partial charge on any atom is -0.481 e. The van der Waals surface area contributed by atoms with Gasteiger partial charge in [-0.25, -0.2) is 4.90 Å². The van der Waals surface area contributed by atoms with E-state index in [1.54, 1.807) is 25.1 Å². The number of nitrogens with zero attached hydrogens (tertiary/aromatic N) is 1. The molecule has 0 aliphatic carbocycles. The van der Waals surface area contributed by atoms with Crippen LogP contribution in [-0.4, -0.2) is 22.9 Å². The minimum atomic E-state index is -0.958. The summed E-state index contributed by atoms with van der Waals surface area (Å²) in [5.74, 6) is -1.72. The van der Waals surface area contributed by atoms with Crippen LogP contribution in [0.25, 0.3) is 0 Å². The average Bonchev–Trinajstić information content (AvgIpc) is 2.52. The zero-order valence-corrected chi connectivity index (χ0v) is 9.71. The van der Waals surface area contributed by atoms with E-state index < -0.39 is 11.9 Å². The largest absolute Gasteiger partial charge is 0.481 e. The molecule has 0 aromatic heterocycles. The molecule has 92 valence electrons. The lowest BCUT2D eigenvalue weighted by Crippen LogP contribution is -2.30. The van der Waals surface area contributed by atoms with Gasteiger partial charge in [-0.05, 0) is 24.6 Å². The Labute approximate surface area is 103 Å². The van der Waals surface area contributed by atoms with Gasteiger partial charge in [0.25, 0.3) is 11.8 Å². The number of hydrogen-bond donors (Lipinski definition) is 1. The topological polar surface area (TPSA) is 74.7 Å². The molecule has 1 aliphatic rings. The smallest absolute Gasteiger partial charge is 0.307 e. The van der Waals surface area contributed by atoms with E-state index in [0.717, 1.165) is 4.90 Å². The van der Waals surface area contributed by atoms with Crippen molar-refractivity contribution < 1.29 is 19.5 Å². The molecule has 0 atom stereocenters. The molecular weight excluding hydrogens is 234 g/mol. The van der Waals surface area contributed by atoms with Gasteiger partial charge in [0.2, 0.25) is 0 Å². The van der Waals surface area contributed by atoms with Gasteiger partial charge in [-0.15, -0.1) is 0 Å². The molecule has 2 rings (SSSR count). The second-order valence-corrected chi connectivity index (χ2v) is 4.05. The fourth-order valence-corrected chi connectivity index (χ4v) is 1.81. The zero-order valence-electron chi connectivity index (χ0n) is 9.71. The number of carbonyl (C=O) groups is 3. The number of imide groups is 1. The third-order valence-electron chi connectivity index (χ3n) is 2.62. The molecule has 0 spiro atoms. The second-order valence-electron chi connectivity index (χ2n) is 4.05. The second kappa shape index (κ2) is 4.44. The Morgan fingerprint density at radius 2 is 2.06 bits per heavy atom. The molecule has 1 N–H and O–H groups in total. The first-order chi connectivity index (χ1) is 8.49. The van der Waals surface area contributed by atoms with E-state index in [2.05, 4.69) is 0 Å². The fraction of sp³-hybridized carbons (Fsp3) is 0.154. The van der Waals surface area contributed by atoms with E-state index in [9.17, 15) is 14.4 Å². The number of amides is 2. The van der Waals surface area contributed by atoms with Gasteiger partial charge in [0, 0.05) is 11.6 Å². The SMILES string of the molecule is CC1=CC(=O)N(c2cccc(CC(=O)O)c2)C1=O. The molecule has 0 fully saturated rings. The Balaban J connectivity index is 2.32. The number of aliphatic carboxylic acids is 1. The molecule has 0 saturated heterocycles. The van der Waals surface area contributed by atoms with Crippen LogP contribution in [0.1, 0.15) is 12.5 Å². The quantitative estimate of drug-likeness (QED) is 0.810. The van der Waals surface area contributed by atoms with E-state index in [1.165, 1.54) is 12.1 Å². The molecular formula is C13H11NO4. The number of hydrogen-bond acceptors (Lipinski definition) is 3. The number of rotatable bonds is 3. The summed E-state index contributed by atoms with van der Waals surface area (Å²) in [6, 6.07) is 6.41. The molecule has 0 bridgehead atoms. The van der Waals surface area contributed by atoms with Crippen LogP contribution in [0.15, 0.2) is 35.9 Å². The van der Waals surface area contributed by atoms with E-state index in [-0.39, 0.29) is 12.3 Å². The van der Waals surface area contributed by atoms with Crippen LogP contribution in [0.3, 0.4) is 0 Å². The van der Waals surface area contributed by atoms with Crippen LogP contribution >= 0.6 is 0 Å². The fourth-order valence-electron chi connectivity index (χ4n) is 1.81. The van der Waals surface area contributed by atoms with Gasteiger partial charge < -0.3 is 5.11 Å². The van der Waals surface area contributed by atoms with Crippen molar-refractivity contribution >= 4 is 23.5 Å². The van der Waals surface area contributed by atoms with Gasteiger partial charge >= 0.3 is 5.97 Å². The molecule has 18 heavy (non-hydrogen) atoms. The van der Waals surface area contributed by atoms with Crippen molar-refractivity contribution in [3.05, 3.63) is 41.5 Å². The predicted octanol–water partition coefficient (Wildman–Crippen LogP) is 1.13. The first kappa shape index (κ1) is 12.0. The highest BCUT2D eigenvalue weighted by molar-refractivity contribution is 6.30. The molecule has 1 aliphatic heterocycles. The Hall–Kier alpha value is -2.43. The Bertz CT molecular complexity index is 574. The van der Waals surface area contributed by atoms with Gasteiger partial charge in [0.15, 0.2) is 0 Å². The first-order valence-electron chi connectivity index (χ1n) is 5.36. The van der Waals surface area contributed by atoms with Gasteiger partial charge in [-0.1, -0.05) is 12.1 Å². The summed E-state index contributed by atoms with van der Waals surface area (Å²) in [6.07, 6.45) is 1.13. The molecule has 5 heteroatoms. The summed E-state index contributed by atoms with van der Waals surface area (Å²) < 4.78 is 0. The number of carbonyl (C=O) groups excluding carboxylic acids is 2. The Morgan fingerprint density at radius 3 is 2.61 bits per heavy atom. The lowest BCUT2D eigenvalue weighted by atomic mass is 10.1. The lowest BCUT2D eigenvalue weighted by Gasteiger charge is -2.15. The summed E-state index contributed by atoms with van der Waals surface area (Å²) in [7, 11) is 0. The standard InChI is InChI=1S/C13H11NO4/c1-8-5-11(15)14(13(8)18)10-4-2-3-9(6-10)7-12(16)17/h2-6H,7H2,1H3,(H,16,17). The van der Waals surface area contributed by atoms with Crippen molar-refractivity contribution in [2.24, 2.45) is 0 Å². The Kier molecular flexibility index (Phi) is 2.97. The van der Waals surface area contributed by atoms with Crippen molar-refractivity contribution in [3.8, 4) is 0 Å². The Morgan fingerprint density at radius 1 is 1.33 bits per heavy atom. The molecule has 5 nitrogen and oxygen atoms in total. The normalized spacial score (nSPS) is 14.9. The van der Waals surface area contributed by atoms with Crippen LogP contribution < -0.4 is 4.90 Å². The van der Waals surface area contributed by atoms with Crippen molar-refractivity contribution in [2.75, 3.05) is 4.90 Å². The summed E-state index contributed by atoms with van der Waals surface area (Å²) in [5.41, 5.74) is 1.32. The maximum absolute atomic E-state index is 11.8. The van der Waals surface area contributed by atoms with Crippen molar-refractivity contribution in [1.29, 1.82) is 0 Å². The van der Waals surface area contributed by atoms with E-state index in [0.29, 0.717) is 16.8 Å². The van der Waals surface area contributed by atoms with Gasteiger partial charge in [-0.2, -0.15) is 0 Å². The maximum Gasteiger partial charge on any atom is 0.307 e. The summed E-state index contributed by atoms with van der Waals surface area (Å²) in [6.45, 7) is 1.57. The van der Waals surface area contributed by atoms with Crippen LogP contribution in [0.5, 0.6) is 0 Å². The first-order valence-corrected chi connectivity index (χ1v) is 5.36. The molecule has 1 aromatic carbocycles. The zero-order chi connectivity index (χ0) is 13.3. The van der Waals surface area contributed by atoms with Gasteiger partial charge in [0.05, 0.1) is 12.1 Å².